The highest BCUT2D eigenvalue weighted by Crippen LogP contribution is 2.07. The second-order valence-electron chi connectivity index (χ2n) is 4.17. The second-order valence-corrected chi connectivity index (χ2v) is 4.17. The van der Waals surface area contributed by atoms with Crippen molar-refractivity contribution in [2.24, 2.45) is 5.92 Å². The van der Waals surface area contributed by atoms with Gasteiger partial charge in [0.05, 0.1) is 6.61 Å². The van der Waals surface area contributed by atoms with E-state index in [2.05, 4.69) is 20.8 Å². The van der Waals surface area contributed by atoms with E-state index in [-0.39, 0.29) is 6.10 Å². The molecule has 0 heterocycles. The van der Waals surface area contributed by atoms with Crippen LogP contribution in [0, 0.1) is 5.92 Å². The maximum absolute atomic E-state index is 11.2. The summed E-state index contributed by atoms with van der Waals surface area (Å²) in [5.74, 6) is 0.420. The van der Waals surface area contributed by atoms with Gasteiger partial charge in [0.25, 0.3) is 0 Å². The first-order valence-electron chi connectivity index (χ1n) is 5.93. The minimum absolute atomic E-state index is 0.0380. The topological polar surface area (TPSA) is 35.5 Å². The zero-order valence-corrected chi connectivity index (χ0v) is 10.4. The molecule has 0 radical (unpaired) electrons. The predicted octanol–water partition coefficient (Wildman–Crippen LogP) is 3.76. The molecule has 0 aliphatic carbocycles. The third-order valence-electron chi connectivity index (χ3n) is 2.26. The summed E-state index contributed by atoms with van der Waals surface area (Å²) in [6.45, 7) is 8.62. The Hall–Kier alpha value is -0.730. The molecule has 90 valence electrons. The molecule has 0 fully saturated rings. The quantitative estimate of drug-likeness (QED) is 0.608. The molecule has 0 amide bonds. The highest BCUT2D eigenvalue weighted by atomic mass is 16.7. The summed E-state index contributed by atoms with van der Waals surface area (Å²) in [6, 6.07) is 0. The Morgan fingerprint density at radius 3 is 2.27 bits per heavy atom. The number of carbonyl (C=O) groups is 1. The summed E-state index contributed by atoms with van der Waals surface area (Å²) < 4.78 is 10.1. The molecule has 0 aliphatic heterocycles. The molecule has 0 aliphatic rings. The van der Waals surface area contributed by atoms with E-state index in [4.69, 9.17) is 9.47 Å². The van der Waals surface area contributed by atoms with Crippen LogP contribution in [0.3, 0.4) is 0 Å². The van der Waals surface area contributed by atoms with E-state index in [1.165, 1.54) is 0 Å². The van der Waals surface area contributed by atoms with Crippen LogP contribution in [0.5, 0.6) is 0 Å². The predicted molar refractivity (Wildman–Crippen MR) is 60.9 cm³/mol. The summed E-state index contributed by atoms with van der Waals surface area (Å²) in [4.78, 5) is 11.2. The molecule has 0 saturated carbocycles. The Morgan fingerprint density at radius 1 is 1.13 bits per heavy atom. The lowest BCUT2D eigenvalue weighted by atomic mass is 10.1. The van der Waals surface area contributed by atoms with Crippen LogP contribution in [-0.2, 0) is 9.47 Å². The molecule has 2 atom stereocenters. The lowest BCUT2D eigenvalue weighted by Crippen LogP contribution is -2.18. The van der Waals surface area contributed by atoms with Gasteiger partial charge in [0.15, 0.2) is 0 Å². The van der Waals surface area contributed by atoms with Crippen LogP contribution in [-0.4, -0.2) is 18.9 Å². The van der Waals surface area contributed by atoms with Gasteiger partial charge in [-0.25, -0.2) is 4.79 Å². The third kappa shape index (κ3) is 8.28. The van der Waals surface area contributed by atoms with Crippen LogP contribution in [0.25, 0.3) is 0 Å². The fraction of sp³-hybridized carbons (Fsp3) is 0.917. The zero-order chi connectivity index (χ0) is 11.7. The monoisotopic (exact) mass is 216 g/mol. The van der Waals surface area contributed by atoms with Crippen molar-refractivity contribution in [1.82, 2.24) is 0 Å². The molecule has 3 nitrogen and oxygen atoms in total. The second kappa shape index (κ2) is 8.57. The van der Waals surface area contributed by atoms with Crippen molar-refractivity contribution in [2.75, 3.05) is 6.61 Å². The number of hydrogen-bond acceptors (Lipinski definition) is 3. The van der Waals surface area contributed by atoms with Gasteiger partial charge < -0.3 is 9.47 Å². The molecule has 3 heteroatoms. The van der Waals surface area contributed by atoms with E-state index >= 15 is 0 Å². The first kappa shape index (κ1) is 14.3. The van der Waals surface area contributed by atoms with Crippen molar-refractivity contribution in [3.63, 3.8) is 0 Å². The Bertz CT molecular complexity index is 168. The van der Waals surface area contributed by atoms with Crippen molar-refractivity contribution in [2.45, 2.75) is 59.5 Å². The first-order valence-corrected chi connectivity index (χ1v) is 5.93. The molecule has 15 heavy (non-hydrogen) atoms. The van der Waals surface area contributed by atoms with Gasteiger partial charge in [0.1, 0.15) is 6.10 Å². The van der Waals surface area contributed by atoms with Crippen LogP contribution in [0.4, 0.5) is 4.79 Å². The van der Waals surface area contributed by atoms with Crippen LogP contribution in [0.1, 0.15) is 53.4 Å². The summed E-state index contributed by atoms with van der Waals surface area (Å²) in [7, 11) is 0. The van der Waals surface area contributed by atoms with Gasteiger partial charge in [-0.05, 0) is 25.7 Å². The summed E-state index contributed by atoms with van der Waals surface area (Å²) >= 11 is 0. The maximum Gasteiger partial charge on any atom is 0.508 e. The lowest BCUT2D eigenvalue weighted by Gasteiger charge is -2.14. The molecular weight excluding hydrogens is 192 g/mol. The highest BCUT2D eigenvalue weighted by Gasteiger charge is 2.11. The molecule has 0 N–H and O–H groups in total. The molecule has 0 aromatic carbocycles. The molecule has 0 spiro atoms. The van der Waals surface area contributed by atoms with Gasteiger partial charge in [0, 0.05) is 0 Å². The van der Waals surface area contributed by atoms with Crippen molar-refractivity contribution >= 4 is 6.16 Å². The van der Waals surface area contributed by atoms with Crippen LogP contribution in [0.2, 0.25) is 0 Å². The number of hydrogen-bond donors (Lipinski definition) is 0. The first-order chi connectivity index (χ1) is 7.10. The largest absolute Gasteiger partial charge is 0.508 e. The fourth-order valence-corrected chi connectivity index (χ4v) is 1.45. The smallest absolute Gasteiger partial charge is 0.434 e. The molecule has 0 saturated heterocycles. The summed E-state index contributed by atoms with van der Waals surface area (Å²) in [5.41, 5.74) is 0. The Balaban J connectivity index is 3.56. The number of rotatable bonds is 7. The molecular formula is C12H24O3. The fourth-order valence-electron chi connectivity index (χ4n) is 1.45. The van der Waals surface area contributed by atoms with E-state index in [0.717, 1.165) is 25.7 Å². The minimum Gasteiger partial charge on any atom is -0.434 e. The molecule has 2 unspecified atom stereocenters. The SMILES string of the molecule is CCCC(C)COC(=O)OC(C)CCC. The van der Waals surface area contributed by atoms with Crippen molar-refractivity contribution in [3.8, 4) is 0 Å². The van der Waals surface area contributed by atoms with Crippen molar-refractivity contribution in [1.29, 1.82) is 0 Å². The Kier molecular flexibility index (Phi) is 8.15. The number of ether oxygens (including phenoxy) is 2. The van der Waals surface area contributed by atoms with E-state index in [1.807, 2.05) is 6.92 Å². The van der Waals surface area contributed by atoms with Crippen molar-refractivity contribution in [3.05, 3.63) is 0 Å². The normalized spacial score (nSPS) is 14.4. The third-order valence-corrected chi connectivity index (χ3v) is 2.26. The van der Waals surface area contributed by atoms with E-state index < -0.39 is 6.16 Å². The van der Waals surface area contributed by atoms with E-state index in [9.17, 15) is 4.79 Å². The van der Waals surface area contributed by atoms with Gasteiger partial charge in [-0.15, -0.1) is 0 Å². The van der Waals surface area contributed by atoms with Crippen molar-refractivity contribution < 1.29 is 14.3 Å². The molecule has 0 aromatic rings. The van der Waals surface area contributed by atoms with E-state index in [0.29, 0.717) is 12.5 Å². The molecule has 0 rings (SSSR count). The average Bonchev–Trinajstić information content (AvgIpc) is 2.15. The van der Waals surface area contributed by atoms with Gasteiger partial charge in [-0.2, -0.15) is 0 Å². The summed E-state index contributed by atoms with van der Waals surface area (Å²) in [6.07, 6.45) is 3.53. The standard InChI is InChI=1S/C12H24O3/c1-5-7-10(3)9-14-12(13)15-11(4)8-6-2/h10-11H,5-9H2,1-4H3. The number of carbonyl (C=O) groups excluding carboxylic acids is 1. The Labute approximate surface area is 93.1 Å². The van der Waals surface area contributed by atoms with Gasteiger partial charge >= 0.3 is 6.16 Å². The van der Waals surface area contributed by atoms with Crippen LogP contribution < -0.4 is 0 Å². The summed E-state index contributed by atoms with van der Waals surface area (Å²) in [5, 5.41) is 0. The molecule has 0 bridgehead atoms. The van der Waals surface area contributed by atoms with Crippen LogP contribution >= 0.6 is 0 Å². The zero-order valence-electron chi connectivity index (χ0n) is 10.4. The lowest BCUT2D eigenvalue weighted by molar-refractivity contribution is 0.0188. The Morgan fingerprint density at radius 2 is 1.73 bits per heavy atom. The van der Waals surface area contributed by atoms with Crippen LogP contribution in [0.15, 0.2) is 0 Å². The minimum atomic E-state index is -0.529. The maximum atomic E-state index is 11.2. The highest BCUT2D eigenvalue weighted by molar-refractivity contribution is 5.60. The van der Waals surface area contributed by atoms with Gasteiger partial charge in [-0.1, -0.05) is 33.6 Å². The van der Waals surface area contributed by atoms with Gasteiger partial charge in [-0.3, -0.25) is 0 Å². The van der Waals surface area contributed by atoms with Gasteiger partial charge in [0.2, 0.25) is 0 Å². The average molecular weight is 216 g/mol. The van der Waals surface area contributed by atoms with E-state index in [1.54, 1.807) is 0 Å². The molecule has 0 aromatic heterocycles.